The van der Waals surface area contributed by atoms with Gasteiger partial charge in [-0.1, -0.05) is 34.7 Å². The van der Waals surface area contributed by atoms with E-state index in [-0.39, 0.29) is 5.41 Å². The average molecular weight is 347 g/mol. The summed E-state index contributed by atoms with van der Waals surface area (Å²) in [5.41, 5.74) is 3.32. The second-order valence-corrected chi connectivity index (χ2v) is 7.00. The molecule has 3 heteroatoms. The minimum absolute atomic E-state index is 0.363. The third-order valence-corrected chi connectivity index (χ3v) is 4.97. The van der Waals surface area contributed by atoms with Crippen LogP contribution in [-0.4, -0.2) is 12.9 Å². The maximum absolute atomic E-state index is 12.7. The number of allylic oxidation sites excluding steroid dienone is 3. The topological polar surface area (TPSA) is 26.3 Å². The minimum atomic E-state index is -0.375. The van der Waals surface area contributed by atoms with Crippen LogP contribution in [0.2, 0.25) is 0 Å². The molecule has 0 aliphatic heterocycles. The van der Waals surface area contributed by atoms with Crippen molar-refractivity contribution in [1.82, 2.24) is 0 Å². The summed E-state index contributed by atoms with van der Waals surface area (Å²) >= 11 is 3.46. The standard InChI is InChI=1S/C18H19BrO2/c1-12(19)11-18-9-8-13-10-14(21-2)6-7-15(13)16(18)4-3-5-17(18)20/h4,6-7,10H,1,3,5,8-9,11H2,2H3/t18-/m0/s1. The highest BCUT2D eigenvalue weighted by Crippen LogP contribution is 2.53. The first kappa shape index (κ1) is 14.6. The first-order chi connectivity index (χ1) is 10.1. The van der Waals surface area contributed by atoms with Crippen LogP contribution in [-0.2, 0) is 11.2 Å². The van der Waals surface area contributed by atoms with Gasteiger partial charge in [-0.15, -0.1) is 0 Å². The summed E-state index contributed by atoms with van der Waals surface area (Å²) in [7, 11) is 1.69. The fraction of sp³-hybridized carbons (Fsp3) is 0.389. The van der Waals surface area contributed by atoms with Crippen LogP contribution in [0.15, 0.2) is 35.3 Å². The molecule has 0 saturated heterocycles. The van der Waals surface area contributed by atoms with E-state index in [4.69, 9.17) is 4.74 Å². The normalized spacial score (nSPS) is 23.9. The Morgan fingerprint density at radius 2 is 2.24 bits per heavy atom. The van der Waals surface area contributed by atoms with E-state index in [1.807, 2.05) is 6.07 Å². The van der Waals surface area contributed by atoms with E-state index in [2.05, 4.69) is 40.7 Å². The lowest BCUT2D eigenvalue weighted by Crippen LogP contribution is -2.38. The number of halogens is 1. The van der Waals surface area contributed by atoms with E-state index in [1.54, 1.807) is 7.11 Å². The highest BCUT2D eigenvalue weighted by molar-refractivity contribution is 9.11. The van der Waals surface area contributed by atoms with Crippen LogP contribution in [0.5, 0.6) is 5.75 Å². The quantitative estimate of drug-likeness (QED) is 0.794. The maximum Gasteiger partial charge on any atom is 0.144 e. The Morgan fingerprint density at radius 3 is 2.95 bits per heavy atom. The summed E-state index contributed by atoms with van der Waals surface area (Å²) in [6.07, 6.45) is 6.22. The van der Waals surface area contributed by atoms with Crippen molar-refractivity contribution >= 4 is 27.3 Å². The van der Waals surface area contributed by atoms with E-state index in [0.717, 1.165) is 29.5 Å². The van der Waals surface area contributed by atoms with E-state index in [9.17, 15) is 4.79 Å². The van der Waals surface area contributed by atoms with Gasteiger partial charge in [0.2, 0.25) is 0 Å². The van der Waals surface area contributed by atoms with Crippen molar-refractivity contribution in [2.45, 2.75) is 32.1 Å². The summed E-state index contributed by atoms with van der Waals surface area (Å²) in [4.78, 5) is 12.7. The number of methoxy groups -OCH3 is 1. The van der Waals surface area contributed by atoms with E-state index in [0.29, 0.717) is 18.6 Å². The molecule has 1 aromatic rings. The van der Waals surface area contributed by atoms with Gasteiger partial charge in [-0.05, 0) is 59.0 Å². The zero-order chi connectivity index (χ0) is 15.0. The summed E-state index contributed by atoms with van der Waals surface area (Å²) in [5, 5.41) is 0. The summed E-state index contributed by atoms with van der Waals surface area (Å²) in [6.45, 7) is 3.97. The zero-order valence-electron chi connectivity index (χ0n) is 12.2. The highest BCUT2D eigenvalue weighted by atomic mass is 79.9. The average Bonchev–Trinajstić information content (AvgIpc) is 2.47. The number of ether oxygens (including phenoxy) is 1. The van der Waals surface area contributed by atoms with Gasteiger partial charge in [0.15, 0.2) is 0 Å². The predicted molar refractivity (Wildman–Crippen MR) is 88.7 cm³/mol. The molecular formula is C18H19BrO2. The van der Waals surface area contributed by atoms with Crippen molar-refractivity contribution < 1.29 is 9.53 Å². The molecule has 0 heterocycles. The molecule has 0 bridgehead atoms. The second-order valence-electron chi connectivity index (χ2n) is 5.88. The molecule has 3 rings (SSSR count). The molecule has 0 spiro atoms. The van der Waals surface area contributed by atoms with Gasteiger partial charge >= 0.3 is 0 Å². The molecular weight excluding hydrogens is 328 g/mol. The number of benzene rings is 1. The number of aryl methyl sites for hydroxylation is 1. The Hall–Kier alpha value is -1.35. The van der Waals surface area contributed by atoms with E-state index >= 15 is 0 Å². The van der Waals surface area contributed by atoms with Crippen molar-refractivity contribution in [3.05, 3.63) is 46.5 Å². The van der Waals surface area contributed by atoms with Crippen LogP contribution >= 0.6 is 15.9 Å². The SMILES string of the molecule is C=C(Br)C[C@@]12CCc3cc(OC)ccc3C1=CCCC2=O. The van der Waals surface area contributed by atoms with Crippen LogP contribution in [0, 0.1) is 5.41 Å². The number of fused-ring (bicyclic) bond motifs is 3. The molecule has 0 saturated carbocycles. The van der Waals surface area contributed by atoms with Crippen molar-refractivity contribution in [1.29, 1.82) is 0 Å². The van der Waals surface area contributed by atoms with Gasteiger partial charge < -0.3 is 4.74 Å². The molecule has 2 aliphatic carbocycles. The number of Topliss-reactive ketones (excluding diaryl/α,β-unsaturated/α-hetero) is 1. The number of hydrogen-bond donors (Lipinski definition) is 0. The molecule has 0 unspecified atom stereocenters. The highest BCUT2D eigenvalue weighted by Gasteiger charge is 2.46. The van der Waals surface area contributed by atoms with Crippen LogP contribution in [0.25, 0.3) is 5.57 Å². The Bertz CT molecular complexity index is 645. The number of ketones is 1. The molecule has 0 radical (unpaired) electrons. The van der Waals surface area contributed by atoms with Gasteiger partial charge in [-0.25, -0.2) is 0 Å². The van der Waals surface area contributed by atoms with Gasteiger partial charge in [0, 0.05) is 6.42 Å². The van der Waals surface area contributed by atoms with Gasteiger partial charge in [0.25, 0.3) is 0 Å². The van der Waals surface area contributed by atoms with Crippen molar-refractivity contribution in [2.24, 2.45) is 5.41 Å². The Labute approximate surface area is 134 Å². The third kappa shape index (κ3) is 2.38. The summed E-state index contributed by atoms with van der Waals surface area (Å²) in [6, 6.07) is 6.18. The summed E-state index contributed by atoms with van der Waals surface area (Å²) in [5.74, 6) is 1.25. The predicted octanol–water partition coefficient (Wildman–Crippen LogP) is 4.67. The van der Waals surface area contributed by atoms with Gasteiger partial charge in [0.05, 0.1) is 12.5 Å². The summed E-state index contributed by atoms with van der Waals surface area (Å²) < 4.78 is 6.22. The molecule has 0 N–H and O–H groups in total. The van der Waals surface area contributed by atoms with Crippen LogP contribution in [0.3, 0.4) is 0 Å². The zero-order valence-corrected chi connectivity index (χ0v) is 13.8. The Balaban J connectivity index is 2.12. The van der Waals surface area contributed by atoms with Crippen LogP contribution < -0.4 is 4.74 Å². The maximum atomic E-state index is 12.7. The van der Waals surface area contributed by atoms with Crippen LogP contribution in [0.4, 0.5) is 0 Å². The molecule has 0 amide bonds. The smallest absolute Gasteiger partial charge is 0.144 e. The van der Waals surface area contributed by atoms with Crippen LogP contribution in [0.1, 0.15) is 36.8 Å². The fourth-order valence-corrected chi connectivity index (χ4v) is 4.18. The molecule has 21 heavy (non-hydrogen) atoms. The first-order valence-corrected chi connectivity index (χ1v) is 8.10. The minimum Gasteiger partial charge on any atom is -0.497 e. The van der Waals surface area contributed by atoms with Gasteiger partial charge in [0.1, 0.15) is 11.5 Å². The monoisotopic (exact) mass is 346 g/mol. The Morgan fingerprint density at radius 1 is 1.43 bits per heavy atom. The molecule has 2 nitrogen and oxygen atoms in total. The lowest BCUT2D eigenvalue weighted by atomic mass is 9.61. The molecule has 0 aromatic heterocycles. The lowest BCUT2D eigenvalue weighted by Gasteiger charge is -2.42. The van der Waals surface area contributed by atoms with E-state index < -0.39 is 0 Å². The molecule has 110 valence electrons. The van der Waals surface area contributed by atoms with Crippen molar-refractivity contribution in [2.75, 3.05) is 7.11 Å². The molecule has 0 fully saturated rings. The Kier molecular flexibility index (Phi) is 3.78. The van der Waals surface area contributed by atoms with Crippen molar-refractivity contribution in [3.63, 3.8) is 0 Å². The number of hydrogen-bond acceptors (Lipinski definition) is 2. The second kappa shape index (κ2) is 5.45. The van der Waals surface area contributed by atoms with E-state index in [1.165, 1.54) is 16.7 Å². The van der Waals surface area contributed by atoms with Gasteiger partial charge in [-0.2, -0.15) is 0 Å². The first-order valence-electron chi connectivity index (χ1n) is 7.31. The molecule has 2 aliphatic rings. The third-order valence-electron chi connectivity index (χ3n) is 4.69. The lowest BCUT2D eigenvalue weighted by molar-refractivity contribution is -0.126. The molecule has 1 aromatic carbocycles. The number of carbonyl (C=O) groups excluding carboxylic acids is 1. The van der Waals surface area contributed by atoms with Crippen molar-refractivity contribution in [3.8, 4) is 5.75 Å². The number of rotatable bonds is 3. The van der Waals surface area contributed by atoms with Gasteiger partial charge in [-0.3, -0.25) is 4.79 Å². The fourth-order valence-electron chi connectivity index (χ4n) is 3.70. The largest absolute Gasteiger partial charge is 0.497 e. The molecule has 1 atom stereocenters. The number of carbonyl (C=O) groups is 1.